The number of morpholine rings is 1. The van der Waals surface area contributed by atoms with Crippen LogP contribution in [0.15, 0.2) is 30.3 Å². The maximum Gasteiger partial charge on any atom is 0.273 e. The van der Waals surface area contributed by atoms with Crippen LogP contribution in [0.3, 0.4) is 0 Å². The van der Waals surface area contributed by atoms with Gasteiger partial charge in [0.05, 0.1) is 29.3 Å². The van der Waals surface area contributed by atoms with E-state index in [1.807, 2.05) is 31.2 Å². The molecule has 0 unspecified atom stereocenters. The minimum Gasteiger partial charge on any atom is -0.372 e. The van der Waals surface area contributed by atoms with Crippen molar-refractivity contribution in [1.29, 1.82) is 0 Å². The first-order valence-electron chi connectivity index (χ1n) is 8.25. The van der Waals surface area contributed by atoms with Gasteiger partial charge in [-0.3, -0.25) is 9.48 Å². The lowest BCUT2D eigenvalue weighted by atomic mass is 10.1. The molecule has 2 heterocycles. The molecule has 0 radical (unpaired) electrons. The molecule has 1 saturated heterocycles. The Kier molecular flexibility index (Phi) is 4.57. The van der Waals surface area contributed by atoms with Gasteiger partial charge in [-0.25, -0.2) is 0 Å². The molecule has 2 aromatic rings. The molecule has 1 amide bonds. The lowest BCUT2D eigenvalue weighted by Crippen LogP contribution is -2.45. The molecule has 2 atom stereocenters. The topological polar surface area (TPSA) is 59.4 Å². The Labute approximate surface area is 142 Å². The van der Waals surface area contributed by atoms with Gasteiger partial charge >= 0.3 is 0 Å². The van der Waals surface area contributed by atoms with Crippen LogP contribution in [0.2, 0.25) is 0 Å². The third kappa shape index (κ3) is 3.43. The molecule has 0 bridgehead atoms. The van der Waals surface area contributed by atoms with Crippen LogP contribution in [0.1, 0.15) is 30.0 Å². The quantitative estimate of drug-likeness (QED) is 0.941. The molecule has 1 aliphatic heterocycles. The van der Waals surface area contributed by atoms with E-state index in [4.69, 9.17) is 4.74 Å². The molecule has 1 N–H and O–H groups in total. The summed E-state index contributed by atoms with van der Waals surface area (Å²) in [4.78, 5) is 14.9. The minimum absolute atomic E-state index is 0.153. The Morgan fingerprint density at radius 3 is 2.54 bits per heavy atom. The molecular formula is C18H24N4O2. The first-order valence-corrected chi connectivity index (χ1v) is 8.25. The van der Waals surface area contributed by atoms with Crippen molar-refractivity contribution in [2.45, 2.75) is 33.0 Å². The average molecular weight is 328 g/mol. The second-order valence-corrected chi connectivity index (χ2v) is 6.43. The van der Waals surface area contributed by atoms with Gasteiger partial charge in [0.2, 0.25) is 0 Å². The van der Waals surface area contributed by atoms with Gasteiger partial charge in [-0.2, -0.15) is 5.10 Å². The zero-order valence-corrected chi connectivity index (χ0v) is 14.6. The first-order chi connectivity index (χ1) is 11.4. The summed E-state index contributed by atoms with van der Waals surface area (Å²) in [5.74, 6) is -0.153. The highest BCUT2D eigenvalue weighted by Crippen LogP contribution is 2.28. The van der Waals surface area contributed by atoms with Crippen molar-refractivity contribution in [1.82, 2.24) is 9.78 Å². The maximum absolute atomic E-state index is 12.6. The van der Waals surface area contributed by atoms with Crippen LogP contribution in [0.5, 0.6) is 0 Å². The number of carbonyl (C=O) groups is 1. The molecule has 0 spiro atoms. The molecular weight excluding hydrogens is 304 g/mol. The Balaban J connectivity index is 1.84. The fourth-order valence-electron chi connectivity index (χ4n) is 3.24. The van der Waals surface area contributed by atoms with E-state index < -0.39 is 0 Å². The molecule has 1 fully saturated rings. The van der Waals surface area contributed by atoms with Crippen molar-refractivity contribution < 1.29 is 9.53 Å². The highest BCUT2D eigenvalue weighted by atomic mass is 16.5. The lowest BCUT2D eigenvalue weighted by Gasteiger charge is -2.37. The van der Waals surface area contributed by atoms with Crippen molar-refractivity contribution in [3.8, 4) is 0 Å². The number of nitrogens with zero attached hydrogens (tertiary/aromatic N) is 3. The van der Waals surface area contributed by atoms with Crippen molar-refractivity contribution in [2.24, 2.45) is 7.05 Å². The van der Waals surface area contributed by atoms with Gasteiger partial charge in [-0.05, 0) is 39.0 Å². The number of amides is 1. The number of benzene rings is 1. The number of anilines is 2. The van der Waals surface area contributed by atoms with Gasteiger partial charge < -0.3 is 15.0 Å². The van der Waals surface area contributed by atoms with E-state index >= 15 is 0 Å². The Hall–Kier alpha value is -2.34. The highest BCUT2D eigenvalue weighted by molar-refractivity contribution is 6.05. The van der Waals surface area contributed by atoms with Crippen LogP contribution in [0.4, 0.5) is 11.4 Å². The van der Waals surface area contributed by atoms with Crippen molar-refractivity contribution in [2.75, 3.05) is 23.3 Å². The fraction of sp³-hybridized carbons (Fsp3) is 0.444. The van der Waals surface area contributed by atoms with Crippen LogP contribution in [-0.2, 0) is 11.8 Å². The molecule has 1 aliphatic rings. The zero-order chi connectivity index (χ0) is 17.3. The maximum atomic E-state index is 12.6. The summed E-state index contributed by atoms with van der Waals surface area (Å²) in [5.41, 5.74) is 3.20. The normalized spacial score (nSPS) is 20.9. The smallest absolute Gasteiger partial charge is 0.273 e. The van der Waals surface area contributed by atoms with Gasteiger partial charge in [0.15, 0.2) is 0 Å². The van der Waals surface area contributed by atoms with Crippen molar-refractivity contribution in [3.05, 3.63) is 41.7 Å². The predicted octanol–water partition coefficient (Wildman–Crippen LogP) is 2.59. The molecule has 6 nitrogen and oxygen atoms in total. The van der Waals surface area contributed by atoms with Gasteiger partial charge in [-0.1, -0.05) is 12.1 Å². The number of aromatic nitrogens is 2. The molecule has 128 valence electrons. The number of para-hydroxylation sites is 2. The van der Waals surface area contributed by atoms with Gasteiger partial charge in [-0.15, -0.1) is 0 Å². The third-order valence-corrected chi connectivity index (χ3v) is 4.15. The van der Waals surface area contributed by atoms with E-state index in [1.165, 1.54) is 0 Å². The summed E-state index contributed by atoms with van der Waals surface area (Å²) in [7, 11) is 1.78. The number of hydrogen-bond donors (Lipinski definition) is 1. The minimum atomic E-state index is -0.153. The van der Waals surface area contributed by atoms with E-state index in [0.29, 0.717) is 5.69 Å². The number of hydrogen-bond acceptors (Lipinski definition) is 4. The van der Waals surface area contributed by atoms with E-state index in [0.717, 1.165) is 30.2 Å². The summed E-state index contributed by atoms with van der Waals surface area (Å²) < 4.78 is 7.41. The molecule has 1 aromatic heterocycles. The average Bonchev–Trinajstić information content (AvgIpc) is 2.85. The molecule has 6 heteroatoms. The molecule has 3 rings (SSSR count). The van der Waals surface area contributed by atoms with Crippen LogP contribution in [0, 0.1) is 6.92 Å². The fourth-order valence-corrected chi connectivity index (χ4v) is 3.24. The van der Waals surface area contributed by atoms with Gasteiger partial charge in [0.1, 0.15) is 5.69 Å². The van der Waals surface area contributed by atoms with E-state index in [-0.39, 0.29) is 18.1 Å². The Morgan fingerprint density at radius 2 is 1.92 bits per heavy atom. The summed E-state index contributed by atoms with van der Waals surface area (Å²) in [5, 5.41) is 7.26. The van der Waals surface area contributed by atoms with Crippen molar-refractivity contribution >= 4 is 17.3 Å². The van der Waals surface area contributed by atoms with Crippen LogP contribution < -0.4 is 10.2 Å². The Morgan fingerprint density at radius 1 is 1.25 bits per heavy atom. The summed E-state index contributed by atoms with van der Waals surface area (Å²) >= 11 is 0. The Bertz CT molecular complexity index is 730. The number of carbonyl (C=O) groups excluding carboxylic acids is 1. The van der Waals surface area contributed by atoms with Gasteiger partial charge in [0, 0.05) is 20.1 Å². The standard InChI is InChI=1S/C18H24N4O2/c1-12-9-17(21(4)20-12)18(23)19-15-7-5-6-8-16(15)22-10-13(2)24-14(3)11-22/h5-9,13-14H,10-11H2,1-4H3,(H,19,23)/t13-,14-/m1/s1. The van der Waals surface area contributed by atoms with Crippen LogP contribution in [0.25, 0.3) is 0 Å². The molecule has 0 saturated carbocycles. The van der Waals surface area contributed by atoms with Crippen LogP contribution in [-0.4, -0.2) is 41.0 Å². The molecule has 24 heavy (non-hydrogen) atoms. The predicted molar refractivity (Wildman–Crippen MR) is 94.6 cm³/mol. The van der Waals surface area contributed by atoms with Crippen LogP contribution >= 0.6 is 0 Å². The van der Waals surface area contributed by atoms with E-state index in [2.05, 4.69) is 29.2 Å². The van der Waals surface area contributed by atoms with Crippen molar-refractivity contribution in [3.63, 3.8) is 0 Å². The number of aryl methyl sites for hydroxylation is 2. The third-order valence-electron chi connectivity index (χ3n) is 4.15. The lowest BCUT2D eigenvalue weighted by molar-refractivity contribution is -0.00517. The largest absolute Gasteiger partial charge is 0.372 e. The zero-order valence-electron chi connectivity index (χ0n) is 14.6. The van der Waals surface area contributed by atoms with E-state index in [1.54, 1.807) is 17.8 Å². The highest BCUT2D eigenvalue weighted by Gasteiger charge is 2.24. The van der Waals surface area contributed by atoms with E-state index in [9.17, 15) is 4.79 Å². The number of rotatable bonds is 3. The second kappa shape index (κ2) is 6.65. The molecule has 1 aromatic carbocycles. The summed E-state index contributed by atoms with van der Waals surface area (Å²) in [6.07, 6.45) is 0.328. The number of ether oxygens (including phenoxy) is 1. The molecule has 0 aliphatic carbocycles. The monoisotopic (exact) mass is 328 g/mol. The SMILES string of the molecule is Cc1cc(C(=O)Nc2ccccc2N2C[C@@H](C)O[C@H](C)C2)n(C)n1. The summed E-state index contributed by atoms with van der Waals surface area (Å²) in [6.45, 7) is 7.63. The van der Waals surface area contributed by atoms with Gasteiger partial charge in [0.25, 0.3) is 5.91 Å². The first kappa shape index (κ1) is 16.5. The second-order valence-electron chi connectivity index (χ2n) is 6.43. The summed E-state index contributed by atoms with van der Waals surface area (Å²) in [6, 6.07) is 9.68. The number of nitrogens with one attached hydrogen (secondary N) is 1.